The van der Waals surface area contributed by atoms with Gasteiger partial charge in [-0.25, -0.2) is 4.39 Å². The average molecular weight is 302 g/mol. The lowest BCUT2D eigenvalue weighted by atomic mass is 10.2. The van der Waals surface area contributed by atoms with E-state index in [1.54, 1.807) is 31.2 Å². The molecule has 0 saturated carbocycles. The molecule has 0 spiro atoms. The fraction of sp³-hybridized carbons (Fsp3) is 0.118. The monoisotopic (exact) mass is 301 g/mol. The van der Waals surface area contributed by atoms with Gasteiger partial charge in [0, 0.05) is 11.5 Å². The molecular weight excluding hydrogens is 289 g/mol. The number of aryl methyl sites for hydroxylation is 1. The first kappa shape index (κ1) is 13.8. The molecule has 0 N–H and O–H groups in total. The molecule has 2 nitrogen and oxygen atoms in total. The van der Waals surface area contributed by atoms with Crippen molar-refractivity contribution < 1.29 is 9.13 Å². The van der Waals surface area contributed by atoms with Gasteiger partial charge in [0.05, 0.1) is 17.1 Å². The highest BCUT2D eigenvalue weighted by Crippen LogP contribution is 2.32. The van der Waals surface area contributed by atoms with Crippen LogP contribution in [0.4, 0.5) is 4.39 Å². The van der Waals surface area contributed by atoms with Crippen LogP contribution < -0.4 is 4.74 Å². The minimum absolute atomic E-state index is 0.201. The van der Waals surface area contributed by atoms with Crippen LogP contribution in [0.1, 0.15) is 11.3 Å². The number of halogens is 2. The van der Waals surface area contributed by atoms with Gasteiger partial charge in [-0.05, 0) is 30.7 Å². The number of rotatable bonds is 3. The summed E-state index contributed by atoms with van der Waals surface area (Å²) in [6.45, 7) is 1.71. The molecule has 0 radical (unpaired) electrons. The Balaban J connectivity index is 2.13. The number of aromatic nitrogens is 1. The third kappa shape index (κ3) is 2.69. The Hall–Kier alpha value is -2.13. The number of alkyl halides is 1. The molecule has 4 heteroatoms. The molecule has 0 aliphatic carbocycles. The number of pyridine rings is 1. The molecule has 0 aliphatic heterocycles. The van der Waals surface area contributed by atoms with Crippen LogP contribution in [0.25, 0.3) is 10.9 Å². The molecule has 0 amide bonds. The minimum Gasteiger partial charge on any atom is -0.453 e. The van der Waals surface area contributed by atoms with Gasteiger partial charge in [0.25, 0.3) is 0 Å². The molecule has 1 heterocycles. The standard InChI is InChI=1S/C17H13ClFNO/c1-11-5-4-8-15(17(11)19)21-16-9-12(10-18)20-14-7-3-2-6-13(14)16/h2-9H,10H2,1H3. The largest absolute Gasteiger partial charge is 0.453 e. The molecule has 106 valence electrons. The van der Waals surface area contributed by atoms with E-state index in [1.807, 2.05) is 24.3 Å². The van der Waals surface area contributed by atoms with E-state index in [2.05, 4.69) is 4.98 Å². The van der Waals surface area contributed by atoms with Crippen LogP contribution >= 0.6 is 11.6 Å². The highest BCUT2D eigenvalue weighted by atomic mass is 35.5. The van der Waals surface area contributed by atoms with E-state index < -0.39 is 0 Å². The van der Waals surface area contributed by atoms with Crippen molar-refractivity contribution in [3.8, 4) is 11.5 Å². The average Bonchev–Trinajstić information content (AvgIpc) is 2.51. The SMILES string of the molecule is Cc1cccc(Oc2cc(CCl)nc3ccccc23)c1F. The molecule has 1 aromatic heterocycles. The summed E-state index contributed by atoms with van der Waals surface area (Å²) < 4.78 is 19.9. The van der Waals surface area contributed by atoms with Gasteiger partial charge in [-0.2, -0.15) is 0 Å². The maximum atomic E-state index is 14.1. The second kappa shape index (κ2) is 5.70. The van der Waals surface area contributed by atoms with Gasteiger partial charge in [-0.15, -0.1) is 11.6 Å². The van der Waals surface area contributed by atoms with Crippen LogP contribution in [0.3, 0.4) is 0 Å². The molecule has 0 bridgehead atoms. The van der Waals surface area contributed by atoms with Gasteiger partial charge in [-0.1, -0.05) is 24.3 Å². The molecular formula is C17H13ClFNO. The predicted molar refractivity (Wildman–Crippen MR) is 82.5 cm³/mol. The van der Waals surface area contributed by atoms with Crippen LogP contribution in [0.15, 0.2) is 48.5 Å². The maximum Gasteiger partial charge on any atom is 0.168 e. The summed E-state index contributed by atoms with van der Waals surface area (Å²) in [6.07, 6.45) is 0. The second-order valence-corrected chi connectivity index (χ2v) is 5.02. The Kier molecular flexibility index (Phi) is 3.76. The molecule has 3 rings (SSSR count). The summed E-state index contributed by atoms with van der Waals surface area (Å²) in [7, 11) is 0. The quantitative estimate of drug-likeness (QED) is 0.619. The van der Waals surface area contributed by atoms with E-state index in [0.29, 0.717) is 17.0 Å². The molecule has 2 aromatic carbocycles. The van der Waals surface area contributed by atoms with Crippen LogP contribution in [0.2, 0.25) is 0 Å². The van der Waals surface area contributed by atoms with Crippen molar-refractivity contribution in [2.24, 2.45) is 0 Å². The normalized spacial score (nSPS) is 10.8. The van der Waals surface area contributed by atoms with Gasteiger partial charge in [-0.3, -0.25) is 4.98 Å². The van der Waals surface area contributed by atoms with E-state index in [9.17, 15) is 4.39 Å². The van der Waals surface area contributed by atoms with Gasteiger partial charge >= 0.3 is 0 Å². The number of ether oxygens (including phenoxy) is 1. The Morgan fingerprint density at radius 3 is 2.71 bits per heavy atom. The molecule has 0 saturated heterocycles. The summed E-state index contributed by atoms with van der Waals surface area (Å²) in [5.74, 6) is 0.677. The van der Waals surface area contributed by atoms with Gasteiger partial charge in [0.15, 0.2) is 11.6 Å². The van der Waals surface area contributed by atoms with Crippen LogP contribution in [0.5, 0.6) is 11.5 Å². The fourth-order valence-corrected chi connectivity index (χ4v) is 2.30. The highest BCUT2D eigenvalue weighted by molar-refractivity contribution is 6.17. The van der Waals surface area contributed by atoms with Crippen molar-refractivity contribution in [2.45, 2.75) is 12.8 Å². The molecule has 0 unspecified atom stereocenters. The van der Waals surface area contributed by atoms with Crippen molar-refractivity contribution in [3.05, 3.63) is 65.6 Å². The van der Waals surface area contributed by atoms with Crippen LogP contribution in [-0.4, -0.2) is 4.98 Å². The minimum atomic E-state index is -0.356. The first-order valence-electron chi connectivity index (χ1n) is 6.56. The first-order valence-corrected chi connectivity index (χ1v) is 7.10. The number of para-hydroxylation sites is 1. The van der Waals surface area contributed by atoms with Crippen molar-refractivity contribution in [3.63, 3.8) is 0 Å². The van der Waals surface area contributed by atoms with E-state index in [4.69, 9.17) is 16.3 Å². The van der Waals surface area contributed by atoms with E-state index in [-0.39, 0.29) is 17.4 Å². The summed E-state index contributed by atoms with van der Waals surface area (Å²) in [5.41, 5.74) is 2.01. The summed E-state index contributed by atoms with van der Waals surface area (Å²) in [6, 6.07) is 14.4. The van der Waals surface area contributed by atoms with E-state index >= 15 is 0 Å². The second-order valence-electron chi connectivity index (χ2n) is 4.75. The van der Waals surface area contributed by atoms with Gasteiger partial charge < -0.3 is 4.74 Å². The van der Waals surface area contributed by atoms with E-state index in [0.717, 1.165) is 10.9 Å². The van der Waals surface area contributed by atoms with Crippen molar-refractivity contribution in [2.75, 3.05) is 0 Å². The van der Waals surface area contributed by atoms with Crippen molar-refractivity contribution in [1.29, 1.82) is 0 Å². The summed E-state index contributed by atoms with van der Waals surface area (Å²) in [4.78, 5) is 4.43. The van der Waals surface area contributed by atoms with Gasteiger partial charge in [0.2, 0.25) is 0 Å². The predicted octanol–water partition coefficient (Wildman–Crippen LogP) is 5.21. The molecule has 3 aromatic rings. The third-order valence-corrected chi connectivity index (χ3v) is 3.52. The molecule has 21 heavy (non-hydrogen) atoms. The number of hydrogen-bond donors (Lipinski definition) is 0. The lowest BCUT2D eigenvalue weighted by Gasteiger charge is -2.11. The van der Waals surface area contributed by atoms with Crippen molar-refractivity contribution >= 4 is 22.5 Å². The Labute approximate surface area is 127 Å². The first-order chi connectivity index (χ1) is 10.2. The highest BCUT2D eigenvalue weighted by Gasteiger charge is 2.11. The Morgan fingerprint density at radius 2 is 1.90 bits per heavy atom. The van der Waals surface area contributed by atoms with Crippen LogP contribution in [-0.2, 0) is 5.88 Å². The zero-order chi connectivity index (χ0) is 14.8. The topological polar surface area (TPSA) is 22.1 Å². The Bertz CT molecular complexity index is 804. The Morgan fingerprint density at radius 1 is 1.10 bits per heavy atom. The zero-order valence-corrected chi connectivity index (χ0v) is 12.2. The number of hydrogen-bond acceptors (Lipinski definition) is 2. The van der Waals surface area contributed by atoms with Crippen LogP contribution in [0, 0.1) is 12.7 Å². The van der Waals surface area contributed by atoms with Crippen molar-refractivity contribution in [1.82, 2.24) is 4.98 Å². The van der Waals surface area contributed by atoms with Gasteiger partial charge in [0.1, 0.15) is 5.75 Å². The lowest BCUT2D eigenvalue weighted by Crippen LogP contribution is -1.95. The summed E-state index contributed by atoms with van der Waals surface area (Å²) in [5, 5.41) is 0.826. The molecule has 0 atom stereocenters. The fourth-order valence-electron chi connectivity index (χ4n) is 2.17. The lowest BCUT2D eigenvalue weighted by molar-refractivity contribution is 0.443. The maximum absolute atomic E-state index is 14.1. The van der Waals surface area contributed by atoms with E-state index in [1.165, 1.54) is 0 Å². The molecule has 0 aliphatic rings. The number of nitrogens with zero attached hydrogens (tertiary/aromatic N) is 1. The summed E-state index contributed by atoms with van der Waals surface area (Å²) >= 11 is 5.87. The third-order valence-electron chi connectivity index (χ3n) is 3.24. The molecule has 0 fully saturated rings. The number of benzene rings is 2. The smallest absolute Gasteiger partial charge is 0.168 e. The zero-order valence-electron chi connectivity index (χ0n) is 11.4. The number of fused-ring (bicyclic) bond motifs is 1.